The summed E-state index contributed by atoms with van der Waals surface area (Å²) in [6, 6.07) is 17.5. The Morgan fingerprint density at radius 1 is 1.04 bits per heavy atom. The molecule has 1 amide bonds. The maximum Gasteiger partial charge on any atom is 0.378 e. The molecule has 0 aliphatic heterocycles. The fourth-order valence-electron chi connectivity index (χ4n) is 1.78. The number of nitrogens with one attached hydrogen (secondary N) is 3. The zero-order chi connectivity index (χ0) is 18.1. The molecule has 9 nitrogen and oxygen atoms in total. The van der Waals surface area contributed by atoms with Gasteiger partial charge < -0.3 is 5.32 Å². The van der Waals surface area contributed by atoms with Crippen LogP contribution < -0.4 is 16.2 Å². The molecule has 2 aromatic rings. The summed E-state index contributed by atoms with van der Waals surface area (Å²) in [5, 5.41) is 21.2. The van der Waals surface area contributed by atoms with Gasteiger partial charge in [0, 0.05) is 7.05 Å². The van der Waals surface area contributed by atoms with Crippen LogP contribution in [0.15, 0.2) is 82.4 Å². The highest BCUT2D eigenvalue weighted by Gasteiger charge is 2.27. The predicted octanol–water partition coefficient (Wildman–Crippen LogP) is 2.58. The van der Waals surface area contributed by atoms with Crippen LogP contribution in [0.4, 0.5) is 11.4 Å². The lowest BCUT2D eigenvalue weighted by Gasteiger charge is -2.09. The van der Waals surface area contributed by atoms with E-state index in [-0.39, 0.29) is 5.82 Å². The Hall–Kier alpha value is -3.75. The minimum absolute atomic E-state index is 0.322. The molecule has 0 saturated carbocycles. The quantitative estimate of drug-likeness (QED) is 0.309. The maximum atomic E-state index is 11.8. The number of hydrogen-bond acceptors (Lipinski definition) is 7. The third-order valence-electron chi connectivity index (χ3n) is 2.97. The fourth-order valence-corrected chi connectivity index (χ4v) is 1.78. The topological polar surface area (TPSA) is 121 Å². The van der Waals surface area contributed by atoms with Crippen molar-refractivity contribution in [3.8, 4) is 0 Å². The normalized spacial score (nSPS) is 11.6. The van der Waals surface area contributed by atoms with Crippen LogP contribution in [-0.4, -0.2) is 17.9 Å². The summed E-state index contributed by atoms with van der Waals surface area (Å²) < 4.78 is 0. The number of rotatable bonds is 7. The van der Waals surface area contributed by atoms with Crippen LogP contribution in [0.1, 0.15) is 0 Å². The van der Waals surface area contributed by atoms with E-state index < -0.39 is 16.5 Å². The number of amides is 1. The number of benzene rings is 2. The first-order valence-electron chi connectivity index (χ1n) is 7.26. The molecule has 2 aromatic carbocycles. The van der Waals surface area contributed by atoms with Gasteiger partial charge in [0.25, 0.3) is 5.82 Å². The van der Waals surface area contributed by atoms with Gasteiger partial charge in [-0.2, -0.15) is 0 Å². The van der Waals surface area contributed by atoms with Crippen molar-refractivity contribution in [1.29, 1.82) is 0 Å². The van der Waals surface area contributed by atoms with Crippen molar-refractivity contribution < 1.29 is 9.72 Å². The van der Waals surface area contributed by atoms with E-state index >= 15 is 0 Å². The van der Waals surface area contributed by atoms with Gasteiger partial charge in [0.2, 0.25) is 0 Å². The van der Waals surface area contributed by atoms with Crippen LogP contribution in [-0.2, 0) is 4.79 Å². The molecule has 25 heavy (non-hydrogen) atoms. The van der Waals surface area contributed by atoms with Crippen molar-refractivity contribution in [2.75, 3.05) is 12.5 Å². The van der Waals surface area contributed by atoms with Crippen LogP contribution in [0.5, 0.6) is 0 Å². The monoisotopic (exact) mass is 340 g/mol. The number of carbonyl (C=O) groups is 1. The SMILES string of the molecule is CNC(=O)/C(=C(\N=Nc1ccccc1)NNc1ccccc1)[N+](=O)[O-]. The molecule has 0 aliphatic carbocycles. The molecule has 0 bridgehead atoms. The Kier molecular flexibility index (Phi) is 6.18. The second-order valence-electron chi connectivity index (χ2n) is 4.69. The number of anilines is 1. The Labute approximate surface area is 143 Å². The third-order valence-corrected chi connectivity index (χ3v) is 2.97. The number of hydrazine groups is 1. The highest BCUT2D eigenvalue weighted by Crippen LogP contribution is 2.14. The van der Waals surface area contributed by atoms with E-state index in [0.29, 0.717) is 11.4 Å². The largest absolute Gasteiger partial charge is 0.378 e. The lowest BCUT2D eigenvalue weighted by atomic mass is 10.3. The average Bonchev–Trinajstić information content (AvgIpc) is 2.64. The molecular formula is C16H16N6O3. The van der Waals surface area contributed by atoms with E-state index in [4.69, 9.17) is 0 Å². The van der Waals surface area contributed by atoms with Crippen molar-refractivity contribution in [2.24, 2.45) is 10.2 Å². The van der Waals surface area contributed by atoms with Gasteiger partial charge in [-0.1, -0.05) is 36.4 Å². The molecule has 0 aliphatic rings. The van der Waals surface area contributed by atoms with Gasteiger partial charge in [0.05, 0.1) is 16.3 Å². The number of para-hydroxylation sites is 1. The summed E-state index contributed by atoms with van der Waals surface area (Å²) in [6.07, 6.45) is 0. The van der Waals surface area contributed by atoms with E-state index in [1.54, 1.807) is 54.6 Å². The van der Waals surface area contributed by atoms with Gasteiger partial charge >= 0.3 is 11.6 Å². The Morgan fingerprint density at radius 2 is 1.64 bits per heavy atom. The molecule has 0 atom stereocenters. The van der Waals surface area contributed by atoms with Crippen molar-refractivity contribution in [3.63, 3.8) is 0 Å². The molecule has 0 unspecified atom stereocenters. The summed E-state index contributed by atoms with van der Waals surface area (Å²) >= 11 is 0. The molecule has 3 N–H and O–H groups in total. The van der Waals surface area contributed by atoms with Crippen molar-refractivity contribution in [3.05, 3.63) is 82.3 Å². The lowest BCUT2D eigenvalue weighted by molar-refractivity contribution is -0.420. The van der Waals surface area contributed by atoms with Gasteiger partial charge in [-0.25, -0.2) is 0 Å². The molecule has 128 valence electrons. The number of likely N-dealkylation sites (N-methyl/N-ethyl adjacent to an activating group) is 1. The average molecular weight is 340 g/mol. The summed E-state index contributed by atoms with van der Waals surface area (Å²) in [4.78, 5) is 22.3. The summed E-state index contributed by atoms with van der Waals surface area (Å²) in [5.41, 5.74) is 5.68. The number of nitro groups is 1. The van der Waals surface area contributed by atoms with Crippen LogP contribution in [0, 0.1) is 10.1 Å². The number of carbonyl (C=O) groups excluding carboxylic acids is 1. The first-order chi connectivity index (χ1) is 12.1. The van der Waals surface area contributed by atoms with Crippen LogP contribution in [0.2, 0.25) is 0 Å². The zero-order valence-electron chi connectivity index (χ0n) is 13.3. The molecule has 0 heterocycles. The van der Waals surface area contributed by atoms with Crippen molar-refractivity contribution >= 4 is 17.3 Å². The number of hydrogen-bond donors (Lipinski definition) is 3. The Morgan fingerprint density at radius 3 is 2.20 bits per heavy atom. The lowest BCUT2D eigenvalue weighted by Crippen LogP contribution is -2.31. The van der Waals surface area contributed by atoms with Crippen LogP contribution >= 0.6 is 0 Å². The maximum absolute atomic E-state index is 11.8. The molecular weight excluding hydrogens is 324 g/mol. The minimum Gasteiger partial charge on any atom is -0.350 e. The highest BCUT2D eigenvalue weighted by atomic mass is 16.6. The van der Waals surface area contributed by atoms with Gasteiger partial charge in [-0.05, 0) is 24.3 Å². The molecule has 0 saturated heterocycles. The first-order valence-corrected chi connectivity index (χ1v) is 7.26. The first kappa shape index (κ1) is 17.6. The smallest absolute Gasteiger partial charge is 0.350 e. The van der Waals surface area contributed by atoms with E-state index in [2.05, 4.69) is 26.4 Å². The van der Waals surface area contributed by atoms with Crippen LogP contribution in [0.25, 0.3) is 0 Å². The molecule has 0 fully saturated rings. The summed E-state index contributed by atoms with van der Waals surface area (Å²) in [7, 11) is 1.29. The Bertz CT molecular complexity index is 790. The second kappa shape index (κ2) is 8.77. The van der Waals surface area contributed by atoms with Gasteiger partial charge in [0.1, 0.15) is 0 Å². The minimum atomic E-state index is -0.894. The highest BCUT2D eigenvalue weighted by molar-refractivity contribution is 5.91. The molecule has 2 rings (SSSR count). The zero-order valence-corrected chi connectivity index (χ0v) is 13.3. The third kappa shape index (κ3) is 5.13. The molecule has 9 heteroatoms. The van der Waals surface area contributed by atoms with Crippen molar-refractivity contribution in [1.82, 2.24) is 10.7 Å². The van der Waals surface area contributed by atoms with Crippen LogP contribution in [0.3, 0.4) is 0 Å². The molecule has 0 spiro atoms. The Balaban J connectivity index is 2.34. The van der Waals surface area contributed by atoms with E-state index in [9.17, 15) is 14.9 Å². The molecule has 0 aromatic heterocycles. The molecule has 0 radical (unpaired) electrons. The fraction of sp³-hybridized carbons (Fsp3) is 0.0625. The van der Waals surface area contributed by atoms with Gasteiger partial charge in [-0.15, -0.1) is 10.2 Å². The number of azo groups is 1. The van der Waals surface area contributed by atoms with Crippen molar-refractivity contribution in [2.45, 2.75) is 0 Å². The number of nitrogens with zero attached hydrogens (tertiary/aromatic N) is 3. The van der Waals surface area contributed by atoms with Gasteiger partial charge in [-0.3, -0.25) is 25.8 Å². The van der Waals surface area contributed by atoms with E-state index in [1.165, 1.54) is 7.05 Å². The summed E-state index contributed by atoms with van der Waals surface area (Å²) in [5.74, 6) is -1.22. The van der Waals surface area contributed by atoms with E-state index in [0.717, 1.165) is 0 Å². The van der Waals surface area contributed by atoms with E-state index in [1.807, 2.05) is 6.07 Å². The predicted molar refractivity (Wildman–Crippen MR) is 92.2 cm³/mol. The summed E-state index contributed by atoms with van der Waals surface area (Å²) in [6.45, 7) is 0. The van der Waals surface area contributed by atoms with Gasteiger partial charge in [0.15, 0.2) is 0 Å². The second-order valence-corrected chi connectivity index (χ2v) is 4.69. The standard InChI is InChI=1S/C16H16N6O3/c1-17-16(23)14(22(24)25)15(20-18-12-8-4-2-5-9-12)21-19-13-10-6-3-7-11-13/h2-11,18,20H,1H3,(H,17,23)/b15-14+,21-19?.